The zero-order valence-electron chi connectivity index (χ0n) is 11.3. The normalized spacial score (nSPS) is 24.3. The first-order chi connectivity index (χ1) is 8.61. The number of nitrogens with zero attached hydrogens (tertiary/aromatic N) is 1. The first-order valence-electron chi connectivity index (χ1n) is 6.85. The van der Waals surface area contributed by atoms with Gasteiger partial charge < -0.3 is 10.6 Å². The average Bonchev–Trinajstić information content (AvgIpc) is 2.34. The highest BCUT2D eigenvalue weighted by atomic mass is 35.5. The van der Waals surface area contributed by atoms with E-state index >= 15 is 0 Å². The summed E-state index contributed by atoms with van der Waals surface area (Å²) in [4.78, 5) is 2.49. The molecule has 1 heterocycles. The van der Waals surface area contributed by atoms with Crippen LogP contribution in [-0.4, -0.2) is 19.6 Å². The zero-order valence-corrected chi connectivity index (χ0v) is 12.1. The minimum Gasteiger partial charge on any atom is -0.371 e. The molecule has 1 aromatic carbocycles. The summed E-state index contributed by atoms with van der Waals surface area (Å²) in [7, 11) is 0. The molecule has 1 aliphatic heterocycles. The van der Waals surface area contributed by atoms with Crippen molar-refractivity contribution >= 4 is 17.3 Å². The Bertz CT molecular complexity index is 405. The molecule has 0 spiro atoms. The fourth-order valence-corrected chi connectivity index (χ4v) is 2.89. The molecule has 2 atom stereocenters. The molecule has 2 rings (SSSR count). The summed E-state index contributed by atoms with van der Waals surface area (Å²) < 4.78 is 0. The highest BCUT2D eigenvalue weighted by molar-refractivity contribution is 6.30. The maximum Gasteiger partial charge on any atom is 0.0410 e. The third kappa shape index (κ3) is 2.99. The van der Waals surface area contributed by atoms with Gasteiger partial charge >= 0.3 is 0 Å². The van der Waals surface area contributed by atoms with Crippen molar-refractivity contribution in [3.8, 4) is 0 Å². The number of nitrogens with two attached hydrogens (primary N) is 1. The molecule has 1 aliphatic rings. The van der Waals surface area contributed by atoms with Crippen molar-refractivity contribution in [3.63, 3.8) is 0 Å². The molecule has 0 saturated carbocycles. The molecule has 100 valence electrons. The highest BCUT2D eigenvalue weighted by Crippen LogP contribution is 2.30. The Morgan fingerprint density at radius 1 is 1.33 bits per heavy atom. The fourth-order valence-electron chi connectivity index (χ4n) is 2.70. The number of halogens is 1. The average molecular weight is 267 g/mol. The van der Waals surface area contributed by atoms with Gasteiger partial charge in [0, 0.05) is 23.8 Å². The van der Waals surface area contributed by atoms with E-state index in [1.165, 1.54) is 17.7 Å². The van der Waals surface area contributed by atoms with E-state index in [0.29, 0.717) is 6.54 Å². The van der Waals surface area contributed by atoms with Crippen LogP contribution >= 0.6 is 11.6 Å². The second-order valence-corrected chi connectivity index (χ2v) is 5.94. The summed E-state index contributed by atoms with van der Waals surface area (Å²) in [5.74, 6) is 1.58. The molecule has 1 fully saturated rings. The lowest BCUT2D eigenvalue weighted by Gasteiger charge is -2.37. The van der Waals surface area contributed by atoms with E-state index in [4.69, 9.17) is 17.3 Å². The van der Waals surface area contributed by atoms with Gasteiger partial charge in [-0.25, -0.2) is 0 Å². The summed E-state index contributed by atoms with van der Waals surface area (Å²) in [6.07, 6.45) is 2.17. The quantitative estimate of drug-likeness (QED) is 0.909. The second-order valence-electron chi connectivity index (χ2n) is 5.50. The summed E-state index contributed by atoms with van der Waals surface area (Å²) in [5, 5.41) is 0.806. The molecule has 0 radical (unpaired) electrons. The van der Waals surface area contributed by atoms with E-state index in [1.54, 1.807) is 0 Å². The first-order valence-corrected chi connectivity index (χ1v) is 7.23. The summed E-state index contributed by atoms with van der Waals surface area (Å²) >= 11 is 6.08. The van der Waals surface area contributed by atoms with Crippen molar-refractivity contribution in [2.45, 2.75) is 26.7 Å². The Kier molecular flexibility index (Phi) is 4.52. The van der Waals surface area contributed by atoms with Crippen LogP contribution in [0.15, 0.2) is 18.2 Å². The van der Waals surface area contributed by atoms with Crippen LogP contribution < -0.4 is 10.6 Å². The Morgan fingerprint density at radius 2 is 2.11 bits per heavy atom. The monoisotopic (exact) mass is 266 g/mol. The third-order valence-corrected chi connectivity index (χ3v) is 4.37. The summed E-state index contributed by atoms with van der Waals surface area (Å²) in [6, 6.07) is 6.20. The highest BCUT2D eigenvalue weighted by Gasteiger charge is 2.23. The minimum atomic E-state index is 0.674. The van der Waals surface area contributed by atoms with E-state index in [9.17, 15) is 0 Å². The number of hydrogen-bond acceptors (Lipinski definition) is 2. The fraction of sp³-hybridized carbons (Fsp3) is 0.600. The van der Waals surface area contributed by atoms with Crippen molar-refractivity contribution in [2.75, 3.05) is 24.5 Å². The molecular formula is C15H23ClN2. The molecule has 18 heavy (non-hydrogen) atoms. The van der Waals surface area contributed by atoms with Gasteiger partial charge in [-0.15, -0.1) is 0 Å². The number of rotatable bonds is 3. The van der Waals surface area contributed by atoms with Gasteiger partial charge in [0.2, 0.25) is 0 Å². The Hall–Kier alpha value is -0.730. The Balaban J connectivity index is 2.22. The van der Waals surface area contributed by atoms with Gasteiger partial charge in [-0.05, 0) is 55.0 Å². The van der Waals surface area contributed by atoms with Crippen LogP contribution in [0.25, 0.3) is 0 Å². The Labute approximate surface area is 115 Å². The third-order valence-electron chi connectivity index (χ3n) is 4.13. The number of anilines is 1. The van der Waals surface area contributed by atoms with Crippen LogP contribution in [-0.2, 0) is 6.42 Å². The molecule has 0 amide bonds. The van der Waals surface area contributed by atoms with E-state index in [-0.39, 0.29) is 0 Å². The molecular weight excluding hydrogens is 244 g/mol. The van der Waals surface area contributed by atoms with Crippen molar-refractivity contribution in [2.24, 2.45) is 17.6 Å². The van der Waals surface area contributed by atoms with Crippen LogP contribution in [0.3, 0.4) is 0 Å². The Morgan fingerprint density at radius 3 is 2.78 bits per heavy atom. The largest absolute Gasteiger partial charge is 0.371 e. The van der Waals surface area contributed by atoms with Gasteiger partial charge in [0.25, 0.3) is 0 Å². The summed E-state index contributed by atoms with van der Waals surface area (Å²) in [6.45, 7) is 7.65. The SMILES string of the molecule is CC1CCN(c2ccc(Cl)cc2CCN)CC1C. The maximum absolute atomic E-state index is 6.08. The molecule has 2 N–H and O–H groups in total. The van der Waals surface area contributed by atoms with Crippen molar-refractivity contribution < 1.29 is 0 Å². The number of hydrogen-bond donors (Lipinski definition) is 1. The van der Waals surface area contributed by atoms with Gasteiger partial charge in [-0.3, -0.25) is 0 Å². The van der Waals surface area contributed by atoms with Gasteiger partial charge in [-0.1, -0.05) is 25.4 Å². The van der Waals surface area contributed by atoms with Crippen LogP contribution in [0.5, 0.6) is 0 Å². The van der Waals surface area contributed by atoms with Gasteiger partial charge in [0.1, 0.15) is 0 Å². The lowest BCUT2D eigenvalue weighted by atomic mass is 9.88. The summed E-state index contributed by atoms with van der Waals surface area (Å²) in [5.41, 5.74) is 8.30. The minimum absolute atomic E-state index is 0.674. The maximum atomic E-state index is 6.08. The van der Waals surface area contributed by atoms with Crippen molar-refractivity contribution in [3.05, 3.63) is 28.8 Å². The van der Waals surface area contributed by atoms with E-state index in [2.05, 4.69) is 30.9 Å². The first kappa shape index (κ1) is 13.7. The van der Waals surface area contributed by atoms with Crippen LogP contribution in [0.2, 0.25) is 5.02 Å². The number of piperidine rings is 1. The standard InChI is InChI=1S/C15H23ClN2/c1-11-6-8-18(10-12(11)2)15-4-3-14(16)9-13(15)5-7-17/h3-4,9,11-12H,5-8,10,17H2,1-2H3. The predicted molar refractivity (Wildman–Crippen MR) is 79.4 cm³/mol. The van der Waals surface area contributed by atoms with Crippen LogP contribution in [0.1, 0.15) is 25.8 Å². The van der Waals surface area contributed by atoms with Crippen LogP contribution in [0, 0.1) is 11.8 Å². The molecule has 2 nitrogen and oxygen atoms in total. The molecule has 0 bridgehead atoms. The molecule has 1 saturated heterocycles. The van der Waals surface area contributed by atoms with E-state index in [0.717, 1.165) is 36.4 Å². The predicted octanol–water partition coefficient (Wildman–Crippen LogP) is 3.32. The van der Waals surface area contributed by atoms with Crippen LogP contribution in [0.4, 0.5) is 5.69 Å². The smallest absolute Gasteiger partial charge is 0.0410 e. The number of benzene rings is 1. The van der Waals surface area contributed by atoms with Gasteiger partial charge in [-0.2, -0.15) is 0 Å². The van der Waals surface area contributed by atoms with E-state index < -0.39 is 0 Å². The zero-order chi connectivity index (χ0) is 13.1. The lowest BCUT2D eigenvalue weighted by Crippen LogP contribution is -2.39. The van der Waals surface area contributed by atoms with Gasteiger partial charge in [0.15, 0.2) is 0 Å². The lowest BCUT2D eigenvalue weighted by molar-refractivity contribution is 0.323. The van der Waals surface area contributed by atoms with Crippen molar-refractivity contribution in [1.82, 2.24) is 0 Å². The topological polar surface area (TPSA) is 29.3 Å². The second kappa shape index (κ2) is 5.94. The molecule has 1 aromatic rings. The van der Waals surface area contributed by atoms with Gasteiger partial charge in [0.05, 0.1) is 0 Å². The molecule has 0 aliphatic carbocycles. The van der Waals surface area contributed by atoms with Crippen molar-refractivity contribution in [1.29, 1.82) is 0 Å². The molecule has 0 aromatic heterocycles. The molecule has 3 heteroatoms. The van der Waals surface area contributed by atoms with E-state index in [1.807, 2.05) is 6.07 Å². The molecule has 2 unspecified atom stereocenters.